The number of aryl methyl sites for hydroxylation is 1. The van der Waals surface area contributed by atoms with E-state index in [1.807, 2.05) is 19.1 Å². The molecule has 3 amide bonds. The number of hydrogen-bond acceptors (Lipinski definition) is 3. The van der Waals surface area contributed by atoms with Gasteiger partial charge in [0.15, 0.2) is 0 Å². The van der Waals surface area contributed by atoms with Crippen molar-refractivity contribution in [3.8, 4) is 0 Å². The van der Waals surface area contributed by atoms with E-state index in [1.165, 1.54) is 4.90 Å². The van der Waals surface area contributed by atoms with Crippen molar-refractivity contribution in [1.29, 1.82) is 0 Å². The molecule has 3 N–H and O–H groups in total. The van der Waals surface area contributed by atoms with Crippen molar-refractivity contribution < 1.29 is 14.4 Å². The maximum Gasteiger partial charge on any atom is 0.251 e. The summed E-state index contributed by atoms with van der Waals surface area (Å²) in [5.74, 6) is -0.815. The molecule has 1 aromatic carbocycles. The van der Waals surface area contributed by atoms with E-state index in [4.69, 9.17) is 5.73 Å². The molecule has 1 heterocycles. The minimum atomic E-state index is -0.500. The minimum absolute atomic E-state index is 0.147. The third-order valence-corrected chi connectivity index (χ3v) is 3.81. The molecular weight excluding hydrogens is 282 g/mol. The van der Waals surface area contributed by atoms with E-state index in [2.05, 4.69) is 5.32 Å². The number of primary amides is 1. The molecule has 22 heavy (non-hydrogen) atoms. The van der Waals surface area contributed by atoms with E-state index in [0.717, 1.165) is 12.0 Å². The predicted octanol–water partition coefficient (Wildman–Crippen LogP) is 0.591. The lowest BCUT2D eigenvalue weighted by Crippen LogP contribution is -2.44. The van der Waals surface area contributed by atoms with E-state index in [9.17, 15) is 14.4 Å². The summed E-state index contributed by atoms with van der Waals surface area (Å²) in [4.78, 5) is 36.9. The van der Waals surface area contributed by atoms with Crippen molar-refractivity contribution in [3.05, 3.63) is 35.4 Å². The highest BCUT2D eigenvalue weighted by Crippen LogP contribution is 2.17. The van der Waals surface area contributed by atoms with Gasteiger partial charge in [-0.1, -0.05) is 17.7 Å². The molecule has 0 bridgehead atoms. The molecule has 0 aromatic heterocycles. The zero-order valence-electron chi connectivity index (χ0n) is 12.7. The average molecular weight is 303 g/mol. The van der Waals surface area contributed by atoms with Crippen molar-refractivity contribution in [1.82, 2.24) is 10.2 Å². The van der Waals surface area contributed by atoms with E-state index >= 15 is 0 Å². The van der Waals surface area contributed by atoms with Gasteiger partial charge in [0, 0.05) is 25.1 Å². The fourth-order valence-electron chi connectivity index (χ4n) is 2.68. The molecule has 1 saturated heterocycles. The van der Waals surface area contributed by atoms with E-state index in [1.54, 1.807) is 12.1 Å². The zero-order chi connectivity index (χ0) is 16.1. The SMILES string of the molecule is Cc1cccc(C(=O)NCCC(=O)N2CCCC2C(N)=O)c1. The Labute approximate surface area is 129 Å². The van der Waals surface area contributed by atoms with Crippen molar-refractivity contribution in [2.45, 2.75) is 32.2 Å². The highest BCUT2D eigenvalue weighted by molar-refractivity contribution is 5.94. The maximum atomic E-state index is 12.1. The van der Waals surface area contributed by atoms with Crippen molar-refractivity contribution >= 4 is 17.7 Å². The van der Waals surface area contributed by atoms with Gasteiger partial charge in [-0.2, -0.15) is 0 Å². The summed E-state index contributed by atoms with van der Waals surface area (Å²) in [7, 11) is 0. The molecule has 1 atom stereocenters. The Bertz CT molecular complexity index is 586. The summed E-state index contributed by atoms with van der Waals surface area (Å²) >= 11 is 0. The molecule has 6 heteroatoms. The Balaban J connectivity index is 1.82. The van der Waals surface area contributed by atoms with Crippen LogP contribution in [-0.2, 0) is 9.59 Å². The van der Waals surface area contributed by atoms with Gasteiger partial charge in [-0.15, -0.1) is 0 Å². The van der Waals surface area contributed by atoms with Gasteiger partial charge >= 0.3 is 0 Å². The Kier molecular flexibility index (Phi) is 5.14. The van der Waals surface area contributed by atoms with Crippen LogP contribution in [0.2, 0.25) is 0 Å². The van der Waals surface area contributed by atoms with Crippen molar-refractivity contribution in [2.75, 3.05) is 13.1 Å². The smallest absolute Gasteiger partial charge is 0.251 e. The lowest BCUT2D eigenvalue weighted by Gasteiger charge is -2.22. The monoisotopic (exact) mass is 303 g/mol. The fourth-order valence-corrected chi connectivity index (χ4v) is 2.68. The molecule has 0 spiro atoms. The summed E-state index contributed by atoms with van der Waals surface area (Å²) in [6, 6.07) is 6.75. The van der Waals surface area contributed by atoms with Gasteiger partial charge in [0.2, 0.25) is 11.8 Å². The minimum Gasteiger partial charge on any atom is -0.368 e. The number of nitrogens with zero attached hydrogens (tertiary/aromatic N) is 1. The number of benzene rings is 1. The van der Waals surface area contributed by atoms with Crippen LogP contribution in [0.1, 0.15) is 35.2 Å². The van der Waals surface area contributed by atoms with Crippen molar-refractivity contribution in [3.63, 3.8) is 0 Å². The Morgan fingerprint density at radius 3 is 2.82 bits per heavy atom. The highest BCUT2D eigenvalue weighted by Gasteiger charge is 2.32. The Morgan fingerprint density at radius 2 is 2.14 bits per heavy atom. The average Bonchev–Trinajstić information content (AvgIpc) is 2.96. The highest BCUT2D eigenvalue weighted by atomic mass is 16.2. The largest absolute Gasteiger partial charge is 0.368 e. The van der Waals surface area contributed by atoms with Crippen LogP contribution in [0, 0.1) is 6.92 Å². The number of likely N-dealkylation sites (tertiary alicyclic amines) is 1. The predicted molar refractivity (Wildman–Crippen MR) is 82.1 cm³/mol. The molecule has 0 aliphatic carbocycles. The molecule has 1 aromatic rings. The first-order valence-electron chi connectivity index (χ1n) is 7.42. The number of hydrogen-bond donors (Lipinski definition) is 2. The maximum absolute atomic E-state index is 12.1. The molecule has 2 rings (SSSR count). The summed E-state index contributed by atoms with van der Waals surface area (Å²) in [5, 5.41) is 2.72. The second-order valence-corrected chi connectivity index (χ2v) is 5.52. The molecule has 1 aliphatic heterocycles. The standard InChI is InChI=1S/C16H21N3O3/c1-11-4-2-5-12(10-11)16(22)18-8-7-14(20)19-9-3-6-13(19)15(17)21/h2,4-5,10,13H,3,6-9H2,1H3,(H2,17,21)(H,18,22). The van der Waals surface area contributed by atoms with Crippen LogP contribution in [0.15, 0.2) is 24.3 Å². The third kappa shape index (κ3) is 3.84. The Hall–Kier alpha value is -2.37. The molecule has 118 valence electrons. The first-order valence-corrected chi connectivity index (χ1v) is 7.42. The first-order chi connectivity index (χ1) is 10.5. The number of rotatable bonds is 5. The number of nitrogens with two attached hydrogens (primary N) is 1. The summed E-state index contributed by atoms with van der Waals surface area (Å²) in [5.41, 5.74) is 6.87. The van der Waals surface area contributed by atoms with E-state index in [-0.39, 0.29) is 24.8 Å². The van der Waals surface area contributed by atoms with E-state index in [0.29, 0.717) is 18.5 Å². The molecular formula is C16H21N3O3. The number of carbonyl (C=O) groups is 3. The van der Waals surface area contributed by atoms with Gasteiger partial charge in [0.25, 0.3) is 5.91 Å². The van der Waals surface area contributed by atoms with Crippen LogP contribution in [0.5, 0.6) is 0 Å². The zero-order valence-corrected chi connectivity index (χ0v) is 12.7. The molecule has 0 saturated carbocycles. The second-order valence-electron chi connectivity index (χ2n) is 5.52. The molecule has 0 radical (unpaired) electrons. The molecule has 1 fully saturated rings. The van der Waals surface area contributed by atoms with Crippen LogP contribution in [0.3, 0.4) is 0 Å². The quantitative estimate of drug-likeness (QED) is 0.834. The van der Waals surface area contributed by atoms with Gasteiger partial charge in [0.05, 0.1) is 0 Å². The van der Waals surface area contributed by atoms with Gasteiger partial charge in [-0.25, -0.2) is 0 Å². The van der Waals surface area contributed by atoms with E-state index < -0.39 is 11.9 Å². The Morgan fingerprint density at radius 1 is 1.36 bits per heavy atom. The van der Waals surface area contributed by atoms with Crippen molar-refractivity contribution in [2.24, 2.45) is 5.73 Å². The fraction of sp³-hybridized carbons (Fsp3) is 0.438. The van der Waals surface area contributed by atoms with Crippen LogP contribution < -0.4 is 11.1 Å². The van der Waals surface area contributed by atoms with Gasteiger partial charge in [-0.05, 0) is 31.9 Å². The molecule has 1 aliphatic rings. The first kappa shape index (κ1) is 16.0. The van der Waals surface area contributed by atoms with Gasteiger partial charge < -0.3 is 16.0 Å². The lowest BCUT2D eigenvalue weighted by atomic mass is 10.1. The molecule has 6 nitrogen and oxygen atoms in total. The second kappa shape index (κ2) is 7.06. The molecule has 1 unspecified atom stereocenters. The van der Waals surface area contributed by atoms with Crippen LogP contribution in [-0.4, -0.2) is 41.8 Å². The number of carbonyl (C=O) groups excluding carboxylic acids is 3. The van der Waals surface area contributed by atoms with Crippen LogP contribution in [0.4, 0.5) is 0 Å². The lowest BCUT2D eigenvalue weighted by molar-refractivity contribution is -0.137. The normalized spacial score (nSPS) is 17.3. The van der Waals surface area contributed by atoms with Crippen LogP contribution >= 0.6 is 0 Å². The topological polar surface area (TPSA) is 92.5 Å². The summed E-state index contributed by atoms with van der Waals surface area (Å²) in [6.07, 6.45) is 1.58. The summed E-state index contributed by atoms with van der Waals surface area (Å²) in [6.45, 7) is 2.71. The number of amides is 3. The van der Waals surface area contributed by atoms with Gasteiger partial charge in [0.1, 0.15) is 6.04 Å². The van der Waals surface area contributed by atoms with Crippen LogP contribution in [0.25, 0.3) is 0 Å². The van der Waals surface area contributed by atoms with Gasteiger partial charge in [-0.3, -0.25) is 14.4 Å². The summed E-state index contributed by atoms with van der Waals surface area (Å²) < 4.78 is 0. The third-order valence-electron chi connectivity index (χ3n) is 3.81. The number of nitrogens with one attached hydrogen (secondary N) is 1.